The van der Waals surface area contributed by atoms with Crippen molar-refractivity contribution < 1.29 is 18.1 Å². The molecule has 1 aromatic heterocycles. The molecule has 0 saturated carbocycles. The number of sulfonamides is 1. The summed E-state index contributed by atoms with van der Waals surface area (Å²) in [5.74, 6) is -0.365. The maximum atomic E-state index is 12.7. The van der Waals surface area contributed by atoms with E-state index >= 15 is 0 Å². The van der Waals surface area contributed by atoms with Crippen LogP contribution in [0.1, 0.15) is 26.5 Å². The Kier molecular flexibility index (Phi) is 6.19. The molecule has 1 atom stereocenters. The number of nitrogens with one attached hydrogen (secondary N) is 2. The summed E-state index contributed by atoms with van der Waals surface area (Å²) in [6.45, 7) is 2.85. The van der Waals surface area contributed by atoms with Crippen LogP contribution in [0.25, 0.3) is 0 Å². The zero-order chi connectivity index (χ0) is 22.0. The Hall–Kier alpha value is -2.59. The van der Waals surface area contributed by atoms with Crippen molar-refractivity contribution in [2.24, 2.45) is 0 Å². The van der Waals surface area contributed by atoms with Gasteiger partial charge in [-0.1, -0.05) is 47.7 Å². The van der Waals surface area contributed by atoms with Crippen molar-refractivity contribution in [2.45, 2.75) is 24.4 Å². The van der Waals surface area contributed by atoms with E-state index in [4.69, 9.17) is 0 Å². The summed E-state index contributed by atoms with van der Waals surface area (Å²) < 4.78 is 25.8. The summed E-state index contributed by atoms with van der Waals surface area (Å²) in [6, 6.07) is 16.5. The molecule has 1 unspecified atom stereocenters. The molecule has 0 aliphatic carbocycles. The number of fused-ring (bicyclic) bond motifs is 1. The van der Waals surface area contributed by atoms with Crippen LogP contribution in [-0.2, 0) is 29.5 Å². The SMILES string of the molecule is CN(C)S(=O)(=O)c1cccc(C(=O)Nc2nc3c(s2)C[NH+](Cc2ccccc2)CC3)c1. The number of aromatic nitrogens is 1. The van der Waals surface area contributed by atoms with E-state index in [2.05, 4.69) is 34.6 Å². The predicted molar refractivity (Wildman–Crippen MR) is 121 cm³/mol. The molecule has 4 rings (SSSR count). The number of hydrogen-bond donors (Lipinski definition) is 2. The number of anilines is 1. The zero-order valence-corrected chi connectivity index (χ0v) is 19.1. The van der Waals surface area contributed by atoms with Gasteiger partial charge in [-0.25, -0.2) is 17.7 Å². The second-order valence-electron chi connectivity index (χ2n) is 7.75. The summed E-state index contributed by atoms with van der Waals surface area (Å²) in [5, 5.41) is 3.39. The quantitative estimate of drug-likeness (QED) is 0.591. The van der Waals surface area contributed by atoms with Gasteiger partial charge in [0, 0.05) is 31.6 Å². The predicted octanol–water partition coefficient (Wildman–Crippen LogP) is 1.79. The van der Waals surface area contributed by atoms with Crippen LogP contribution in [0.2, 0.25) is 0 Å². The largest absolute Gasteiger partial charge is 0.326 e. The minimum absolute atomic E-state index is 0.0868. The van der Waals surface area contributed by atoms with E-state index in [0.717, 1.165) is 36.1 Å². The van der Waals surface area contributed by atoms with E-state index in [0.29, 0.717) is 5.13 Å². The van der Waals surface area contributed by atoms with E-state index < -0.39 is 10.0 Å². The van der Waals surface area contributed by atoms with Crippen molar-refractivity contribution in [2.75, 3.05) is 26.0 Å². The summed E-state index contributed by atoms with van der Waals surface area (Å²) in [4.78, 5) is 20.1. The molecule has 1 aliphatic heterocycles. The second kappa shape index (κ2) is 8.88. The van der Waals surface area contributed by atoms with Crippen molar-refractivity contribution in [3.63, 3.8) is 0 Å². The van der Waals surface area contributed by atoms with Gasteiger partial charge < -0.3 is 4.90 Å². The Balaban J connectivity index is 1.45. The maximum absolute atomic E-state index is 12.7. The fraction of sp³-hybridized carbons (Fsp3) is 0.273. The summed E-state index contributed by atoms with van der Waals surface area (Å²) in [5.41, 5.74) is 2.64. The highest BCUT2D eigenvalue weighted by atomic mass is 32.2. The first-order valence-electron chi connectivity index (χ1n) is 10.0. The Morgan fingerprint density at radius 2 is 1.94 bits per heavy atom. The molecule has 2 N–H and O–H groups in total. The number of nitrogens with zero attached hydrogens (tertiary/aromatic N) is 2. The van der Waals surface area contributed by atoms with Gasteiger partial charge in [0.2, 0.25) is 10.0 Å². The Morgan fingerprint density at radius 3 is 2.68 bits per heavy atom. The molecule has 3 aromatic rings. The monoisotopic (exact) mass is 457 g/mol. The number of hydrogen-bond acceptors (Lipinski definition) is 5. The van der Waals surface area contributed by atoms with Crippen molar-refractivity contribution in [3.8, 4) is 0 Å². The topological polar surface area (TPSA) is 83.8 Å². The lowest BCUT2D eigenvalue weighted by molar-refractivity contribution is -0.929. The van der Waals surface area contributed by atoms with E-state index in [1.54, 1.807) is 12.1 Å². The average molecular weight is 458 g/mol. The summed E-state index contributed by atoms with van der Waals surface area (Å²) in [7, 11) is -0.675. The van der Waals surface area contributed by atoms with Crippen LogP contribution < -0.4 is 10.2 Å². The lowest BCUT2D eigenvalue weighted by atomic mass is 10.1. The van der Waals surface area contributed by atoms with E-state index in [1.807, 2.05) is 6.07 Å². The van der Waals surface area contributed by atoms with Crippen LogP contribution in [0.5, 0.6) is 0 Å². The Bertz CT molecular complexity index is 1190. The molecule has 0 bridgehead atoms. The zero-order valence-electron chi connectivity index (χ0n) is 17.5. The Morgan fingerprint density at radius 1 is 1.16 bits per heavy atom. The lowest BCUT2D eigenvalue weighted by Crippen LogP contribution is -3.10. The van der Waals surface area contributed by atoms with E-state index in [1.165, 1.54) is 52.9 Å². The Labute approximate surface area is 186 Å². The van der Waals surface area contributed by atoms with Gasteiger partial charge in [-0.05, 0) is 18.2 Å². The second-order valence-corrected chi connectivity index (χ2v) is 11.0. The summed E-state index contributed by atoms with van der Waals surface area (Å²) >= 11 is 1.50. The number of quaternary nitrogens is 1. The van der Waals surface area contributed by atoms with Crippen LogP contribution in [0.15, 0.2) is 59.5 Å². The van der Waals surface area contributed by atoms with Crippen LogP contribution >= 0.6 is 11.3 Å². The molecule has 2 aromatic carbocycles. The number of rotatable bonds is 6. The van der Waals surface area contributed by atoms with Crippen molar-refractivity contribution in [3.05, 3.63) is 76.3 Å². The molecular formula is C22H25N4O3S2+. The standard InChI is InChI=1S/C22H24N4O3S2/c1-25(2)31(28,29)18-10-6-9-17(13-18)21(27)24-22-23-19-11-12-26(15-20(19)30-22)14-16-7-4-3-5-8-16/h3-10,13H,11-12,14-15H2,1-2H3,(H,23,24,27)/p+1. The van der Waals surface area contributed by atoms with Crippen LogP contribution in [0.4, 0.5) is 5.13 Å². The van der Waals surface area contributed by atoms with Crippen molar-refractivity contribution >= 4 is 32.4 Å². The fourth-order valence-corrected chi connectivity index (χ4v) is 5.62. The molecule has 0 saturated heterocycles. The number of benzene rings is 2. The van der Waals surface area contributed by atoms with Crippen LogP contribution in [0, 0.1) is 0 Å². The highest BCUT2D eigenvalue weighted by Gasteiger charge is 2.25. The number of thiazole rings is 1. The van der Waals surface area contributed by atoms with Gasteiger partial charge in [-0.3, -0.25) is 10.1 Å². The molecule has 7 nitrogen and oxygen atoms in total. The van der Waals surface area contributed by atoms with E-state index in [9.17, 15) is 13.2 Å². The maximum Gasteiger partial charge on any atom is 0.257 e. The average Bonchev–Trinajstić information content (AvgIpc) is 3.16. The molecule has 31 heavy (non-hydrogen) atoms. The molecule has 1 aliphatic rings. The van der Waals surface area contributed by atoms with Gasteiger partial charge in [0.1, 0.15) is 13.1 Å². The van der Waals surface area contributed by atoms with Crippen LogP contribution in [-0.4, -0.2) is 44.3 Å². The minimum atomic E-state index is -3.60. The van der Waals surface area contributed by atoms with E-state index in [-0.39, 0.29) is 16.4 Å². The first kappa shape index (κ1) is 21.6. The third-order valence-corrected chi connectivity index (χ3v) is 8.12. The number of carbonyl (C=O) groups excluding carboxylic acids is 1. The van der Waals surface area contributed by atoms with Crippen molar-refractivity contribution in [1.82, 2.24) is 9.29 Å². The summed E-state index contributed by atoms with van der Waals surface area (Å²) in [6.07, 6.45) is 0.875. The number of carbonyl (C=O) groups is 1. The minimum Gasteiger partial charge on any atom is -0.326 e. The van der Waals surface area contributed by atoms with Crippen LogP contribution in [0.3, 0.4) is 0 Å². The van der Waals surface area contributed by atoms with Gasteiger partial charge in [0.25, 0.3) is 5.91 Å². The third kappa shape index (κ3) is 4.85. The van der Waals surface area contributed by atoms with Gasteiger partial charge in [-0.15, -0.1) is 0 Å². The van der Waals surface area contributed by atoms with Gasteiger partial charge >= 0.3 is 0 Å². The lowest BCUT2D eigenvalue weighted by Gasteiger charge is -2.22. The molecule has 1 amide bonds. The first-order valence-corrected chi connectivity index (χ1v) is 12.3. The van der Waals surface area contributed by atoms with Gasteiger partial charge in [-0.2, -0.15) is 0 Å². The molecule has 9 heteroatoms. The first-order chi connectivity index (χ1) is 14.8. The molecule has 0 fully saturated rings. The van der Waals surface area contributed by atoms with Crippen molar-refractivity contribution in [1.29, 1.82) is 0 Å². The van der Waals surface area contributed by atoms with Gasteiger partial charge in [0.15, 0.2) is 5.13 Å². The molecule has 162 valence electrons. The highest BCUT2D eigenvalue weighted by Crippen LogP contribution is 2.25. The molecule has 0 radical (unpaired) electrons. The third-order valence-electron chi connectivity index (χ3n) is 5.30. The van der Waals surface area contributed by atoms with Gasteiger partial charge in [0.05, 0.1) is 22.0 Å². The normalized spacial score (nSPS) is 16.2. The fourth-order valence-electron chi connectivity index (χ4n) is 3.59. The molecule has 2 heterocycles. The number of amides is 1. The smallest absolute Gasteiger partial charge is 0.257 e. The molecular weight excluding hydrogens is 432 g/mol. The highest BCUT2D eigenvalue weighted by molar-refractivity contribution is 7.89. The molecule has 0 spiro atoms.